The Kier molecular flexibility index (Phi) is 4.05. The number of carbonyl (C=O) groups excluding carboxylic acids is 1. The summed E-state index contributed by atoms with van der Waals surface area (Å²) in [6, 6.07) is 10.3. The minimum Gasteiger partial charge on any atom is -0.472 e. The lowest BCUT2D eigenvalue weighted by molar-refractivity contribution is -0.131. The zero-order valence-corrected chi connectivity index (χ0v) is 15.6. The number of carbonyl (C=O) groups is 1. The van der Waals surface area contributed by atoms with Crippen LogP contribution in [0.15, 0.2) is 65.0 Å². The molecule has 0 aliphatic carbocycles. The van der Waals surface area contributed by atoms with Gasteiger partial charge in [0.2, 0.25) is 5.91 Å². The van der Waals surface area contributed by atoms with E-state index in [0.29, 0.717) is 6.42 Å². The highest BCUT2D eigenvalue weighted by Crippen LogP contribution is 2.34. The van der Waals surface area contributed by atoms with Crippen LogP contribution in [0.5, 0.6) is 0 Å². The van der Waals surface area contributed by atoms with Crippen LogP contribution in [0.3, 0.4) is 0 Å². The lowest BCUT2D eigenvalue weighted by atomic mass is 10.1. The van der Waals surface area contributed by atoms with Crippen LogP contribution in [0.4, 0.5) is 0 Å². The summed E-state index contributed by atoms with van der Waals surface area (Å²) in [6.07, 6.45) is 9.81. The SMILES string of the molecule is O=C(Cc1cn2cc(-c3ccoc3)ccc2n1)N1CCCC1c1cccs1. The molecule has 5 heterocycles. The summed E-state index contributed by atoms with van der Waals surface area (Å²) in [5, 5.41) is 2.08. The van der Waals surface area contributed by atoms with Crippen molar-refractivity contribution in [2.75, 3.05) is 6.54 Å². The van der Waals surface area contributed by atoms with Gasteiger partial charge in [0.15, 0.2) is 0 Å². The maximum atomic E-state index is 12.9. The number of nitrogens with zero attached hydrogens (tertiary/aromatic N) is 3. The van der Waals surface area contributed by atoms with Gasteiger partial charge in [-0.3, -0.25) is 4.79 Å². The lowest BCUT2D eigenvalue weighted by Crippen LogP contribution is -2.31. The van der Waals surface area contributed by atoms with Crippen molar-refractivity contribution in [2.24, 2.45) is 0 Å². The lowest BCUT2D eigenvalue weighted by Gasteiger charge is -2.23. The molecule has 0 aromatic carbocycles. The van der Waals surface area contributed by atoms with Crippen molar-refractivity contribution < 1.29 is 9.21 Å². The first-order valence-electron chi connectivity index (χ1n) is 9.11. The smallest absolute Gasteiger partial charge is 0.229 e. The predicted octanol–water partition coefficient (Wildman–Crippen LogP) is 4.56. The normalized spacial score (nSPS) is 17.0. The van der Waals surface area contributed by atoms with E-state index in [1.54, 1.807) is 23.9 Å². The quantitative estimate of drug-likeness (QED) is 0.524. The number of hydrogen-bond acceptors (Lipinski definition) is 4. The molecule has 1 atom stereocenters. The number of hydrogen-bond donors (Lipinski definition) is 0. The van der Waals surface area contributed by atoms with Crippen LogP contribution < -0.4 is 0 Å². The summed E-state index contributed by atoms with van der Waals surface area (Å²) in [5.74, 6) is 0.157. The molecule has 5 nitrogen and oxygen atoms in total. The molecular weight excluding hydrogens is 358 g/mol. The topological polar surface area (TPSA) is 50.8 Å². The third kappa shape index (κ3) is 3.06. The Morgan fingerprint density at radius 3 is 3.00 bits per heavy atom. The minimum atomic E-state index is 0.157. The van der Waals surface area contributed by atoms with Crippen molar-refractivity contribution >= 4 is 22.9 Å². The number of rotatable bonds is 4. The molecule has 0 bridgehead atoms. The first-order chi connectivity index (χ1) is 13.3. The molecule has 1 saturated heterocycles. The third-order valence-corrected chi connectivity index (χ3v) is 6.11. The van der Waals surface area contributed by atoms with Crippen molar-refractivity contribution in [1.82, 2.24) is 14.3 Å². The second kappa shape index (κ2) is 6.70. The Balaban J connectivity index is 1.37. The van der Waals surface area contributed by atoms with Crippen molar-refractivity contribution in [3.05, 3.63) is 71.2 Å². The van der Waals surface area contributed by atoms with Crippen LogP contribution in [0.25, 0.3) is 16.8 Å². The van der Waals surface area contributed by atoms with Gasteiger partial charge in [0.1, 0.15) is 5.65 Å². The summed E-state index contributed by atoms with van der Waals surface area (Å²) < 4.78 is 7.14. The van der Waals surface area contributed by atoms with Gasteiger partial charge in [-0.15, -0.1) is 11.3 Å². The first-order valence-corrected chi connectivity index (χ1v) is 9.99. The summed E-state index contributed by atoms with van der Waals surface area (Å²) in [6.45, 7) is 0.833. The van der Waals surface area contributed by atoms with Crippen molar-refractivity contribution in [2.45, 2.75) is 25.3 Å². The van der Waals surface area contributed by atoms with E-state index < -0.39 is 0 Å². The molecule has 0 radical (unpaired) electrons. The zero-order chi connectivity index (χ0) is 18.2. The monoisotopic (exact) mass is 377 g/mol. The van der Waals surface area contributed by atoms with E-state index in [1.165, 1.54) is 4.88 Å². The molecule has 136 valence electrons. The number of thiophene rings is 1. The van der Waals surface area contributed by atoms with E-state index in [4.69, 9.17) is 4.42 Å². The Hall–Kier alpha value is -2.86. The van der Waals surface area contributed by atoms with E-state index in [9.17, 15) is 4.79 Å². The molecule has 6 heteroatoms. The molecule has 0 spiro atoms. The average molecular weight is 377 g/mol. The van der Waals surface area contributed by atoms with Crippen LogP contribution >= 0.6 is 11.3 Å². The van der Waals surface area contributed by atoms with Gasteiger partial charge in [-0.25, -0.2) is 4.98 Å². The summed E-state index contributed by atoms with van der Waals surface area (Å²) >= 11 is 1.73. The Morgan fingerprint density at radius 2 is 2.19 bits per heavy atom. The molecule has 0 N–H and O–H groups in total. The van der Waals surface area contributed by atoms with E-state index in [0.717, 1.165) is 41.9 Å². The van der Waals surface area contributed by atoms with Gasteiger partial charge < -0.3 is 13.7 Å². The van der Waals surface area contributed by atoms with Crippen LogP contribution in [0.2, 0.25) is 0 Å². The van der Waals surface area contributed by atoms with Gasteiger partial charge in [-0.1, -0.05) is 6.07 Å². The molecule has 4 aromatic rings. The number of amides is 1. The molecule has 1 aliphatic heterocycles. The molecule has 1 aliphatic rings. The molecule has 1 fully saturated rings. The minimum absolute atomic E-state index is 0.157. The number of imidazole rings is 1. The van der Waals surface area contributed by atoms with Crippen LogP contribution in [-0.2, 0) is 11.2 Å². The summed E-state index contributed by atoms with van der Waals surface area (Å²) in [7, 11) is 0. The molecule has 1 unspecified atom stereocenters. The molecule has 0 saturated carbocycles. The fraction of sp³-hybridized carbons (Fsp3) is 0.238. The molecule has 27 heavy (non-hydrogen) atoms. The van der Waals surface area contributed by atoms with Crippen LogP contribution in [0, 0.1) is 0 Å². The molecular formula is C21H19N3O2S. The van der Waals surface area contributed by atoms with Crippen LogP contribution in [-0.4, -0.2) is 26.7 Å². The molecule has 5 rings (SSSR count). The average Bonchev–Trinajstić information content (AvgIpc) is 3.48. The number of likely N-dealkylation sites (tertiary alicyclic amines) is 1. The highest BCUT2D eigenvalue weighted by atomic mass is 32.1. The van der Waals surface area contributed by atoms with Gasteiger partial charge in [0, 0.05) is 34.9 Å². The van der Waals surface area contributed by atoms with E-state index in [2.05, 4.69) is 22.5 Å². The van der Waals surface area contributed by atoms with Crippen LogP contribution in [0.1, 0.15) is 29.5 Å². The van der Waals surface area contributed by atoms with Gasteiger partial charge in [-0.05, 0) is 42.5 Å². The second-order valence-electron chi connectivity index (χ2n) is 6.86. The van der Waals surface area contributed by atoms with Gasteiger partial charge >= 0.3 is 0 Å². The number of furan rings is 1. The van der Waals surface area contributed by atoms with E-state index in [-0.39, 0.29) is 11.9 Å². The summed E-state index contributed by atoms with van der Waals surface area (Å²) in [4.78, 5) is 20.8. The van der Waals surface area contributed by atoms with Crippen molar-refractivity contribution in [1.29, 1.82) is 0 Å². The highest BCUT2D eigenvalue weighted by molar-refractivity contribution is 7.10. The fourth-order valence-corrected chi connectivity index (χ4v) is 4.70. The first kappa shape index (κ1) is 16.3. The second-order valence-corrected chi connectivity index (χ2v) is 7.84. The number of pyridine rings is 1. The van der Waals surface area contributed by atoms with Gasteiger partial charge in [0.05, 0.1) is 30.7 Å². The highest BCUT2D eigenvalue weighted by Gasteiger charge is 2.30. The number of fused-ring (bicyclic) bond motifs is 1. The van der Waals surface area contributed by atoms with Crippen molar-refractivity contribution in [3.63, 3.8) is 0 Å². The third-order valence-electron chi connectivity index (χ3n) is 5.13. The van der Waals surface area contributed by atoms with E-state index >= 15 is 0 Å². The summed E-state index contributed by atoms with van der Waals surface area (Å²) in [5.41, 5.74) is 3.74. The maximum Gasteiger partial charge on any atom is 0.229 e. The standard InChI is InChI=1S/C21H19N3O2S/c25-21(24-8-1-3-18(24)19-4-2-10-27-19)11-17-13-23-12-15(5-6-20(23)22-17)16-7-9-26-14-16/h2,4-7,9-10,12-14,18H,1,3,8,11H2. The van der Waals surface area contributed by atoms with Gasteiger partial charge in [-0.2, -0.15) is 0 Å². The largest absolute Gasteiger partial charge is 0.472 e. The molecule has 1 amide bonds. The molecule has 4 aromatic heterocycles. The number of aromatic nitrogens is 2. The maximum absolute atomic E-state index is 12.9. The Bertz CT molecular complexity index is 1070. The van der Waals surface area contributed by atoms with Crippen molar-refractivity contribution in [3.8, 4) is 11.1 Å². The van der Waals surface area contributed by atoms with E-state index in [1.807, 2.05) is 39.9 Å². The fourth-order valence-electron chi connectivity index (χ4n) is 3.83. The Morgan fingerprint density at radius 1 is 1.22 bits per heavy atom. The predicted molar refractivity (Wildman–Crippen MR) is 105 cm³/mol. The Labute approximate surface area is 160 Å². The zero-order valence-electron chi connectivity index (χ0n) is 14.7. The van der Waals surface area contributed by atoms with Gasteiger partial charge in [0.25, 0.3) is 0 Å².